The number of aromatic nitrogens is 1. The van der Waals surface area contributed by atoms with Gasteiger partial charge in [0.1, 0.15) is 5.01 Å². The van der Waals surface area contributed by atoms with Crippen LogP contribution in [0.5, 0.6) is 0 Å². The van der Waals surface area contributed by atoms with Gasteiger partial charge < -0.3 is 20.4 Å². The van der Waals surface area contributed by atoms with Gasteiger partial charge in [-0.15, -0.1) is 11.3 Å². The summed E-state index contributed by atoms with van der Waals surface area (Å²) in [5, 5.41) is 7.92. The van der Waals surface area contributed by atoms with E-state index in [9.17, 15) is 0 Å². The molecule has 1 unspecified atom stereocenters. The van der Waals surface area contributed by atoms with Gasteiger partial charge in [0.15, 0.2) is 5.96 Å². The van der Waals surface area contributed by atoms with Gasteiger partial charge in [-0.3, -0.25) is 4.99 Å². The molecule has 2 N–H and O–H groups in total. The lowest BCUT2D eigenvalue weighted by Crippen LogP contribution is -2.48. The average Bonchev–Trinajstić information content (AvgIpc) is 3.10. The lowest BCUT2D eigenvalue weighted by molar-refractivity contribution is 0.124. The van der Waals surface area contributed by atoms with Gasteiger partial charge in [-0.2, -0.15) is 0 Å². The maximum atomic E-state index is 4.44. The number of guanidine groups is 1. The Morgan fingerprint density at radius 3 is 2.56 bits per heavy atom. The molecule has 2 heterocycles. The Bertz CT molecular complexity index is 521. The normalized spacial score (nSPS) is 18.3. The molecule has 0 radical (unpaired) electrons. The molecule has 0 spiro atoms. The number of nitrogens with one attached hydrogen (secondary N) is 2. The van der Waals surface area contributed by atoms with E-state index in [-0.39, 0.29) is 0 Å². The van der Waals surface area contributed by atoms with Gasteiger partial charge in [0.25, 0.3) is 0 Å². The molecule has 25 heavy (non-hydrogen) atoms. The predicted octanol–water partition coefficient (Wildman–Crippen LogP) is 1.64. The van der Waals surface area contributed by atoms with Crippen molar-refractivity contribution < 1.29 is 0 Å². The first-order chi connectivity index (χ1) is 12.1. The third-order valence-electron chi connectivity index (χ3n) is 4.68. The van der Waals surface area contributed by atoms with Crippen LogP contribution in [-0.4, -0.2) is 73.6 Å². The third-order valence-corrected chi connectivity index (χ3v) is 5.82. The van der Waals surface area contributed by atoms with Crippen LogP contribution in [0.2, 0.25) is 0 Å². The van der Waals surface area contributed by atoms with Gasteiger partial charge in [-0.05, 0) is 18.9 Å². The van der Waals surface area contributed by atoms with E-state index < -0.39 is 0 Å². The summed E-state index contributed by atoms with van der Waals surface area (Å²) in [5.41, 5.74) is 0. The molecule has 0 aromatic carbocycles. The number of nitrogens with zero attached hydrogens (tertiary/aromatic N) is 4. The predicted molar refractivity (Wildman–Crippen MR) is 107 cm³/mol. The highest BCUT2D eigenvalue weighted by molar-refractivity contribution is 7.11. The molecule has 0 saturated carbocycles. The van der Waals surface area contributed by atoms with Gasteiger partial charge in [0, 0.05) is 57.4 Å². The van der Waals surface area contributed by atoms with Crippen LogP contribution in [-0.2, 0) is 13.0 Å². The quantitative estimate of drug-likeness (QED) is 0.541. The molecule has 1 aromatic heterocycles. The average molecular weight is 367 g/mol. The van der Waals surface area contributed by atoms with E-state index in [1.807, 2.05) is 13.2 Å². The summed E-state index contributed by atoms with van der Waals surface area (Å²) in [6.07, 6.45) is 3.02. The van der Waals surface area contributed by atoms with E-state index >= 15 is 0 Å². The minimum absolute atomic E-state index is 0.596. The van der Waals surface area contributed by atoms with Crippen LogP contribution in [0.1, 0.15) is 30.7 Å². The Labute approximate surface area is 156 Å². The molecular weight excluding hydrogens is 332 g/mol. The molecular formula is C18H34N6S. The fourth-order valence-electron chi connectivity index (χ4n) is 3.04. The van der Waals surface area contributed by atoms with Crippen LogP contribution in [0, 0.1) is 5.92 Å². The lowest BCUT2D eigenvalue weighted by Gasteiger charge is -2.35. The van der Waals surface area contributed by atoms with Crippen LogP contribution in [0.25, 0.3) is 0 Å². The van der Waals surface area contributed by atoms with E-state index in [4.69, 9.17) is 0 Å². The van der Waals surface area contributed by atoms with Gasteiger partial charge in [-0.1, -0.05) is 20.8 Å². The molecule has 7 heteroatoms. The van der Waals surface area contributed by atoms with Crippen molar-refractivity contribution in [3.63, 3.8) is 0 Å². The number of rotatable bonds is 8. The molecule has 142 valence electrons. The van der Waals surface area contributed by atoms with Crippen LogP contribution in [0.3, 0.4) is 0 Å². The van der Waals surface area contributed by atoms with Crippen molar-refractivity contribution >= 4 is 17.3 Å². The smallest absolute Gasteiger partial charge is 0.191 e. The Kier molecular flexibility index (Phi) is 8.64. The summed E-state index contributed by atoms with van der Waals surface area (Å²) in [7, 11) is 1.82. The molecule has 0 amide bonds. The number of hydrogen-bond acceptors (Lipinski definition) is 5. The van der Waals surface area contributed by atoms with E-state index in [1.165, 1.54) is 37.6 Å². The first kappa shape index (κ1) is 20.1. The Hall–Kier alpha value is -1.18. The van der Waals surface area contributed by atoms with Gasteiger partial charge in [0.05, 0.1) is 6.54 Å². The first-order valence-electron chi connectivity index (χ1n) is 9.47. The standard InChI is InChI=1S/C18H34N6S/c1-5-16-12-20-17(25-16)13-22-18(19-4)21-11-15(3)14-24-9-7-23(6-2)8-10-24/h12,15H,5-11,13-14H2,1-4H3,(H2,19,21,22). The Morgan fingerprint density at radius 2 is 1.96 bits per heavy atom. The van der Waals surface area contributed by atoms with Crippen molar-refractivity contribution in [2.75, 3.05) is 52.9 Å². The second-order valence-electron chi connectivity index (χ2n) is 6.72. The first-order valence-corrected chi connectivity index (χ1v) is 10.3. The minimum Gasteiger partial charge on any atom is -0.356 e. The Balaban J connectivity index is 1.65. The zero-order chi connectivity index (χ0) is 18.1. The maximum absolute atomic E-state index is 4.44. The van der Waals surface area contributed by atoms with Gasteiger partial charge in [-0.25, -0.2) is 4.98 Å². The summed E-state index contributed by atoms with van der Waals surface area (Å²) < 4.78 is 0. The SMILES string of the molecule is CCc1cnc(CNC(=NC)NCC(C)CN2CCN(CC)CC2)s1. The van der Waals surface area contributed by atoms with E-state index in [1.54, 1.807) is 11.3 Å². The van der Waals surface area contributed by atoms with Crippen LogP contribution < -0.4 is 10.6 Å². The van der Waals surface area contributed by atoms with Crippen molar-refractivity contribution in [1.82, 2.24) is 25.4 Å². The third kappa shape index (κ3) is 6.92. The van der Waals surface area contributed by atoms with Crippen molar-refractivity contribution in [1.29, 1.82) is 0 Å². The second kappa shape index (κ2) is 10.7. The molecule has 1 atom stereocenters. The van der Waals surface area contributed by atoms with Crippen LogP contribution in [0.15, 0.2) is 11.2 Å². The summed E-state index contributed by atoms with van der Waals surface area (Å²) in [4.78, 5) is 15.2. The van der Waals surface area contributed by atoms with E-state index in [0.29, 0.717) is 5.92 Å². The number of aryl methyl sites for hydroxylation is 1. The summed E-state index contributed by atoms with van der Waals surface area (Å²) in [6.45, 7) is 15.5. The fourth-order valence-corrected chi connectivity index (χ4v) is 3.84. The topological polar surface area (TPSA) is 55.8 Å². The summed E-state index contributed by atoms with van der Waals surface area (Å²) >= 11 is 1.77. The van der Waals surface area contributed by atoms with Crippen LogP contribution in [0.4, 0.5) is 0 Å². The number of hydrogen-bond donors (Lipinski definition) is 2. The Morgan fingerprint density at radius 1 is 1.24 bits per heavy atom. The largest absolute Gasteiger partial charge is 0.356 e. The van der Waals surface area contributed by atoms with Crippen molar-refractivity contribution in [2.24, 2.45) is 10.9 Å². The second-order valence-corrected chi connectivity index (χ2v) is 7.92. The molecule has 1 aliphatic heterocycles. The molecule has 1 saturated heterocycles. The number of likely N-dealkylation sites (N-methyl/N-ethyl adjacent to an activating group) is 1. The minimum atomic E-state index is 0.596. The highest BCUT2D eigenvalue weighted by atomic mass is 32.1. The molecule has 1 fully saturated rings. The van der Waals surface area contributed by atoms with Crippen LogP contribution >= 0.6 is 11.3 Å². The van der Waals surface area contributed by atoms with Crippen molar-refractivity contribution in [3.8, 4) is 0 Å². The monoisotopic (exact) mass is 366 g/mol. The van der Waals surface area contributed by atoms with Crippen molar-refractivity contribution in [3.05, 3.63) is 16.1 Å². The molecule has 6 nitrogen and oxygen atoms in total. The van der Waals surface area contributed by atoms with E-state index in [2.05, 4.69) is 51.2 Å². The molecule has 0 aliphatic carbocycles. The summed E-state index contributed by atoms with van der Waals surface area (Å²) in [5.74, 6) is 1.45. The lowest BCUT2D eigenvalue weighted by atomic mass is 10.1. The zero-order valence-electron chi connectivity index (χ0n) is 16.2. The maximum Gasteiger partial charge on any atom is 0.191 e. The number of piperazine rings is 1. The zero-order valence-corrected chi connectivity index (χ0v) is 17.0. The highest BCUT2D eigenvalue weighted by Crippen LogP contribution is 2.12. The fraction of sp³-hybridized carbons (Fsp3) is 0.778. The molecule has 1 aromatic rings. The molecule has 2 rings (SSSR count). The summed E-state index contributed by atoms with van der Waals surface area (Å²) in [6, 6.07) is 0. The van der Waals surface area contributed by atoms with Gasteiger partial charge in [0.2, 0.25) is 0 Å². The van der Waals surface area contributed by atoms with Crippen molar-refractivity contribution in [2.45, 2.75) is 33.7 Å². The highest BCUT2D eigenvalue weighted by Gasteiger charge is 2.17. The molecule has 0 bridgehead atoms. The van der Waals surface area contributed by atoms with Gasteiger partial charge >= 0.3 is 0 Å². The molecule has 1 aliphatic rings. The van der Waals surface area contributed by atoms with E-state index in [0.717, 1.165) is 37.0 Å². The number of thiazole rings is 1. The number of aliphatic imine (C=N–C) groups is 1.